The van der Waals surface area contributed by atoms with Crippen LogP contribution in [0, 0.1) is 0 Å². The Morgan fingerprint density at radius 3 is 2.28 bits per heavy atom. The molecule has 0 unspecified atom stereocenters. The Hall–Kier alpha value is -3.53. The van der Waals surface area contributed by atoms with Crippen LogP contribution in [0.15, 0.2) is 71.5 Å². The van der Waals surface area contributed by atoms with Gasteiger partial charge in [-0.15, -0.1) is 0 Å². The van der Waals surface area contributed by atoms with E-state index in [1.165, 1.54) is 0 Å². The molecule has 0 aliphatic rings. The smallest absolute Gasteiger partial charge is 0.323 e. The van der Waals surface area contributed by atoms with Gasteiger partial charge >= 0.3 is 5.97 Å². The van der Waals surface area contributed by atoms with Gasteiger partial charge in [0.1, 0.15) is 17.5 Å². The summed E-state index contributed by atoms with van der Waals surface area (Å²) < 4.78 is 10.5. The molecule has 0 aliphatic carbocycles. The molecule has 1 aromatic heterocycles. The van der Waals surface area contributed by atoms with Gasteiger partial charge in [-0.05, 0) is 37.3 Å². The van der Waals surface area contributed by atoms with Gasteiger partial charge < -0.3 is 24.7 Å². The van der Waals surface area contributed by atoms with Crippen LogP contribution >= 0.6 is 0 Å². The minimum Gasteiger partial charge on any atom is -0.465 e. The Labute approximate surface area is 210 Å². The average molecular weight is 496 g/mol. The number of aromatic nitrogens is 1. The summed E-state index contributed by atoms with van der Waals surface area (Å²) in [7, 11) is 0. The minimum absolute atomic E-state index is 0.0199. The predicted octanol–water partition coefficient (Wildman–Crippen LogP) is 2.08. The number of aryl methyl sites for hydroxylation is 1. The lowest BCUT2D eigenvalue weighted by Crippen LogP contribution is -2.52. The molecule has 2 aromatic carbocycles. The van der Waals surface area contributed by atoms with Gasteiger partial charge in [-0.3, -0.25) is 14.9 Å². The Bertz CT molecular complexity index is 1070. The number of rotatable bonds is 14. The minimum atomic E-state index is -1.75. The van der Waals surface area contributed by atoms with Crippen LogP contribution in [0.4, 0.5) is 0 Å². The summed E-state index contributed by atoms with van der Waals surface area (Å²) in [6.07, 6.45) is 1.09. The zero-order valence-corrected chi connectivity index (χ0v) is 20.3. The monoisotopic (exact) mass is 495 g/mol. The molecule has 0 bridgehead atoms. The van der Waals surface area contributed by atoms with Gasteiger partial charge in [-0.25, -0.2) is 4.98 Å². The van der Waals surface area contributed by atoms with Gasteiger partial charge in [0.05, 0.1) is 12.6 Å². The molecule has 0 saturated heterocycles. The Kier molecular flexibility index (Phi) is 10.6. The summed E-state index contributed by atoms with van der Waals surface area (Å²) in [5.41, 5.74) is 2.05. The van der Waals surface area contributed by atoms with Crippen LogP contribution in [0.1, 0.15) is 42.2 Å². The van der Waals surface area contributed by atoms with E-state index in [2.05, 4.69) is 15.6 Å². The number of esters is 1. The van der Waals surface area contributed by atoms with E-state index in [0.29, 0.717) is 19.3 Å². The Morgan fingerprint density at radius 1 is 0.972 bits per heavy atom. The summed E-state index contributed by atoms with van der Waals surface area (Å²) in [6, 6.07) is 18.0. The molecule has 0 spiro atoms. The molecule has 9 heteroatoms. The maximum atomic E-state index is 13.2. The normalized spacial score (nSPS) is 12.8. The number of carbonyl (C=O) groups is 2. The van der Waals surface area contributed by atoms with Crippen LogP contribution < -0.4 is 10.6 Å². The second-order valence-electron chi connectivity index (χ2n) is 8.31. The summed E-state index contributed by atoms with van der Waals surface area (Å²) in [5, 5.41) is 24.8. The van der Waals surface area contributed by atoms with E-state index in [4.69, 9.17) is 9.15 Å². The van der Waals surface area contributed by atoms with E-state index in [1.54, 1.807) is 6.92 Å². The first-order valence-electron chi connectivity index (χ1n) is 12.0. The largest absolute Gasteiger partial charge is 0.465 e. The summed E-state index contributed by atoms with van der Waals surface area (Å²) in [6.45, 7) is 2.18. The Morgan fingerprint density at radius 2 is 1.64 bits per heavy atom. The lowest BCUT2D eigenvalue weighted by Gasteiger charge is -2.24. The maximum Gasteiger partial charge on any atom is 0.323 e. The molecule has 3 rings (SSSR count). The number of ether oxygens (including phenoxy) is 1. The summed E-state index contributed by atoms with van der Waals surface area (Å²) in [5.74, 6) is -0.411. The SMILES string of the molecule is CCOC(=O)[C@H](CCc1ccccc1)N[C@@H](Cc1ccccc1)C(=O)NCCc1ocnc1C(O)O. The molecule has 0 radical (unpaired) electrons. The van der Waals surface area contributed by atoms with Crippen molar-refractivity contribution in [1.82, 2.24) is 15.6 Å². The number of aliphatic hydroxyl groups excluding tert-OH is 1. The van der Waals surface area contributed by atoms with Gasteiger partial charge in [0.2, 0.25) is 5.91 Å². The number of nitrogens with zero attached hydrogens (tertiary/aromatic N) is 1. The van der Waals surface area contributed by atoms with Gasteiger partial charge in [0.15, 0.2) is 12.7 Å². The topological polar surface area (TPSA) is 134 Å². The fourth-order valence-corrected chi connectivity index (χ4v) is 3.89. The number of oxazole rings is 1. The number of hydrogen-bond acceptors (Lipinski definition) is 8. The van der Waals surface area contributed by atoms with Crippen molar-refractivity contribution in [2.45, 2.75) is 51.0 Å². The molecular formula is C27H33N3O6. The van der Waals surface area contributed by atoms with Crippen molar-refractivity contribution in [2.24, 2.45) is 0 Å². The quantitative estimate of drug-likeness (QED) is 0.197. The number of benzene rings is 2. The van der Waals surface area contributed by atoms with Crippen molar-refractivity contribution >= 4 is 11.9 Å². The first-order chi connectivity index (χ1) is 17.5. The zero-order chi connectivity index (χ0) is 25.8. The third-order valence-electron chi connectivity index (χ3n) is 5.71. The highest BCUT2D eigenvalue weighted by Crippen LogP contribution is 2.14. The number of aliphatic hydroxyl groups is 2. The summed E-state index contributed by atoms with van der Waals surface area (Å²) >= 11 is 0. The van der Waals surface area contributed by atoms with E-state index >= 15 is 0 Å². The first-order valence-corrected chi connectivity index (χ1v) is 12.0. The molecule has 1 heterocycles. The van der Waals surface area contributed by atoms with Crippen LogP contribution in [0.3, 0.4) is 0 Å². The zero-order valence-electron chi connectivity index (χ0n) is 20.3. The van der Waals surface area contributed by atoms with Crippen molar-refractivity contribution in [1.29, 1.82) is 0 Å². The average Bonchev–Trinajstić information content (AvgIpc) is 3.36. The van der Waals surface area contributed by atoms with Gasteiger partial charge in [-0.2, -0.15) is 0 Å². The molecule has 2 atom stereocenters. The molecular weight excluding hydrogens is 462 g/mol. The molecule has 0 aliphatic heterocycles. The van der Waals surface area contributed by atoms with Gasteiger partial charge in [0, 0.05) is 13.0 Å². The van der Waals surface area contributed by atoms with Crippen molar-refractivity contribution in [3.8, 4) is 0 Å². The maximum absolute atomic E-state index is 13.2. The van der Waals surface area contributed by atoms with Crippen molar-refractivity contribution in [3.05, 3.63) is 89.6 Å². The van der Waals surface area contributed by atoms with Crippen molar-refractivity contribution in [3.63, 3.8) is 0 Å². The fraction of sp³-hybridized carbons (Fsp3) is 0.370. The third-order valence-corrected chi connectivity index (χ3v) is 5.71. The van der Waals surface area contributed by atoms with Crippen molar-refractivity contribution < 1.29 is 29.0 Å². The van der Waals surface area contributed by atoms with Crippen LogP contribution in [0.5, 0.6) is 0 Å². The highest BCUT2D eigenvalue weighted by Gasteiger charge is 2.27. The first kappa shape index (κ1) is 27.1. The standard InChI is InChI=1S/C27H33N3O6/c1-2-35-27(34)21(14-13-19-9-5-3-6-10-19)30-22(17-20-11-7-4-8-12-20)25(31)28-16-15-23-24(26(32)33)29-18-36-23/h3-12,18,21-22,26,30,32-33H,2,13-17H2,1H3,(H,28,31)/t21-,22-/m0/s1. The molecule has 1 amide bonds. The van der Waals surface area contributed by atoms with E-state index in [9.17, 15) is 19.8 Å². The number of hydrogen-bond donors (Lipinski definition) is 4. The van der Waals surface area contributed by atoms with Crippen LogP contribution in [-0.4, -0.2) is 52.3 Å². The fourth-order valence-electron chi connectivity index (χ4n) is 3.89. The van der Waals surface area contributed by atoms with E-state index in [-0.39, 0.29) is 36.9 Å². The highest BCUT2D eigenvalue weighted by atomic mass is 16.5. The predicted molar refractivity (Wildman–Crippen MR) is 133 cm³/mol. The molecule has 192 valence electrons. The van der Waals surface area contributed by atoms with E-state index in [0.717, 1.165) is 17.5 Å². The molecule has 0 saturated carbocycles. The highest BCUT2D eigenvalue weighted by molar-refractivity contribution is 5.83. The number of amides is 1. The van der Waals surface area contributed by atoms with Crippen LogP contribution in [-0.2, 0) is 33.6 Å². The van der Waals surface area contributed by atoms with Gasteiger partial charge in [0.25, 0.3) is 0 Å². The number of carbonyl (C=O) groups excluding carboxylic acids is 2. The second kappa shape index (κ2) is 14.1. The molecule has 0 fully saturated rings. The third kappa shape index (κ3) is 8.30. The Balaban J connectivity index is 1.70. The molecule has 4 N–H and O–H groups in total. The van der Waals surface area contributed by atoms with E-state index in [1.807, 2.05) is 60.7 Å². The second-order valence-corrected chi connectivity index (χ2v) is 8.31. The molecule has 9 nitrogen and oxygen atoms in total. The lowest BCUT2D eigenvalue weighted by atomic mass is 10.0. The lowest BCUT2D eigenvalue weighted by molar-refractivity contribution is -0.146. The molecule has 3 aromatic rings. The number of nitrogens with one attached hydrogen (secondary N) is 2. The van der Waals surface area contributed by atoms with E-state index < -0.39 is 24.3 Å². The van der Waals surface area contributed by atoms with Crippen LogP contribution in [0.2, 0.25) is 0 Å². The van der Waals surface area contributed by atoms with Crippen molar-refractivity contribution in [2.75, 3.05) is 13.2 Å². The summed E-state index contributed by atoms with van der Waals surface area (Å²) in [4.78, 5) is 29.8. The molecule has 36 heavy (non-hydrogen) atoms. The van der Waals surface area contributed by atoms with Gasteiger partial charge in [-0.1, -0.05) is 60.7 Å². The van der Waals surface area contributed by atoms with Crippen LogP contribution in [0.25, 0.3) is 0 Å².